The summed E-state index contributed by atoms with van der Waals surface area (Å²) in [5.41, 5.74) is 7.35. The van der Waals surface area contributed by atoms with Crippen LogP contribution in [-0.2, 0) is 0 Å². The number of nitrogens with zero attached hydrogens (tertiary/aromatic N) is 2. The molecule has 0 unspecified atom stereocenters. The first-order chi connectivity index (χ1) is 9.49. The van der Waals surface area contributed by atoms with Crippen LogP contribution in [0.4, 0.5) is 4.39 Å². The number of aryl methyl sites for hydroxylation is 2. The molecule has 20 heavy (non-hydrogen) atoms. The Hall–Kier alpha value is -2.63. The predicted molar refractivity (Wildman–Crippen MR) is 72.7 cm³/mol. The molecule has 3 N–H and O–H groups in total. The molecular formula is C14H14FN3O2. The molecule has 1 heterocycles. The van der Waals surface area contributed by atoms with Gasteiger partial charge in [0.25, 0.3) is 0 Å². The van der Waals surface area contributed by atoms with Crippen molar-refractivity contribution in [3.8, 4) is 11.6 Å². The van der Waals surface area contributed by atoms with Crippen molar-refractivity contribution in [2.45, 2.75) is 13.8 Å². The highest BCUT2D eigenvalue weighted by Crippen LogP contribution is 2.25. The van der Waals surface area contributed by atoms with Crippen molar-refractivity contribution in [3.05, 3.63) is 53.0 Å². The second-order valence-electron chi connectivity index (χ2n) is 4.33. The van der Waals surface area contributed by atoms with Gasteiger partial charge < -0.3 is 15.7 Å². The van der Waals surface area contributed by atoms with Gasteiger partial charge >= 0.3 is 0 Å². The van der Waals surface area contributed by atoms with Gasteiger partial charge in [-0.15, -0.1) is 0 Å². The van der Waals surface area contributed by atoms with Gasteiger partial charge in [0.05, 0.1) is 0 Å². The highest BCUT2D eigenvalue weighted by molar-refractivity contribution is 5.97. The summed E-state index contributed by atoms with van der Waals surface area (Å²) in [5.74, 6) is 0.428. The zero-order valence-electron chi connectivity index (χ0n) is 11.1. The minimum atomic E-state index is -0.329. The molecule has 1 aromatic heterocycles. The number of benzene rings is 1. The third-order valence-corrected chi connectivity index (χ3v) is 2.68. The number of rotatable bonds is 3. The number of hydrogen-bond donors (Lipinski definition) is 2. The lowest BCUT2D eigenvalue weighted by Crippen LogP contribution is -2.13. The Morgan fingerprint density at radius 3 is 2.70 bits per heavy atom. The predicted octanol–water partition coefficient (Wildman–Crippen LogP) is 2.72. The number of hydrogen-bond acceptors (Lipinski definition) is 4. The van der Waals surface area contributed by atoms with Crippen LogP contribution in [0, 0.1) is 19.7 Å². The summed E-state index contributed by atoms with van der Waals surface area (Å²) in [5, 5.41) is 11.6. The van der Waals surface area contributed by atoms with E-state index in [0.717, 1.165) is 0 Å². The van der Waals surface area contributed by atoms with E-state index in [1.54, 1.807) is 26.0 Å². The Bertz CT molecular complexity index is 671. The molecule has 0 saturated carbocycles. The number of halogens is 1. The molecule has 0 aliphatic carbocycles. The van der Waals surface area contributed by atoms with Crippen molar-refractivity contribution in [2.24, 2.45) is 10.9 Å². The molecule has 5 nitrogen and oxygen atoms in total. The molecule has 0 amide bonds. The number of pyridine rings is 1. The summed E-state index contributed by atoms with van der Waals surface area (Å²) in [6.45, 7) is 3.50. The quantitative estimate of drug-likeness (QED) is 0.390. The summed E-state index contributed by atoms with van der Waals surface area (Å²) in [6, 6.07) is 7.42. The van der Waals surface area contributed by atoms with E-state index in [4.69, 9.17) is 15.7 Å². The lowest BCUT2D eigenvalue weighted by Gasteiger charge is -2.10. The molecule has 0 bridgehead atoms. The molecule has 0 aliphatic heterocycles. The Balaban J connectivity index is 2.36. The average molecular weight is 275 g/mol. The molecule has 0 spiro atoms. The average Bonchev–Trinajstić information content (AvgIpc) is 2.40. The third kappa shape index (κ3) is 3.03. The van der Waals surface area contributed by atoms with E-state index < -0.39 is 0 Å². The van der Waals surface area contributed by atoms with Crippen molar-refractivity contribution in [3.63, 3.8) is 0 Å². The summed E-state index contributed by atoms with van der Waals surface area (Å²) in [7, 11) is 0. The van der Waals surface area contributed by atoms with E-state index in [-0.39, 0.29) is 11.7 Å². The van der Waals surface area contributed by atoms with Crippen LogP contribution in [0.25, 0.3) is 0 Å². The maximum Gasteiger partial charge on any atom is 0.220 e. The van der Waals surface area contributed by atoms with Crippen molar-refractivity contribution in [1.29, 1.82) is 0 Å². The van der Waals surface area contributed by atoms with E-state index in [0.29, 0.717) is 28.5 Å². The van der Waals surface area contributed by atoms with E-state index in [1.807, 2.05) is 0 Å². The normalized spacial score (nSPS) is 11.4. The SMILES string of the molecule is Cc1cc(/C(N)=N/O)cc(Oc2ccc(F)cc2C)n1. The largest absolute Gasteiger partial charge is 0.439 e. The second kappa shape index (κ2) is 5.56. The fourth-order valence-corrected chi connectivity index (χ4v) is 1.74. The van der Waals surface area contributed by atoms with Crippen LogP contribution in [0.3, 0.4) is 0 Å². The lowest BCUT2D eigenvalue weighted by molar-refractivity contribution is 0.318. The Labute approximate surface area is 115 Å². The fourth-order valence-electron chi connectivity index (χ4n) is 1.74. The first-order valence-corrected chi connectivity index (χ1v) is 5.90. The number of aromatic nitrogens is 1. The van der Waals surface area contributed by atoms with Crippen LogP contribution in [-0.4, -0.2) is 16.0 Å². The molecule has 0 fully saturated rings. The van der Waals surface area contributed by atoms with Crippen molar-refractivity contribution in [1.82, 2.24) is 4.98 Å². The van der Waals surface area contributed by atoms with Gasteiger partial charge in [-0.05, 0) is 43.7 Å². The molecule has 6 heteroatoms. The van der Waals surface area contributed by atoms with Gasteiger partial charge in [0.1, 0.15) is 11.6 Å². The zero-order valence-corrected chi connectivity index (χ0v) is 11.1. The topological polar surface area (TPSA) is 80.7 Å². The van der Waals surface area contributed by atoms with Crippen LogP contribution in [0.5, 0.6) is 11.6 Å². The number of nitrogens with two attached hydrogens (primary N) is 1. The fraction of sp³-hybridized carbons (Fsp3) is 0.143. The van der Waals surface area contributed by atoms with Gasteiger partial charge in [-0.3, -0.25) is 0 Å². The molecule has 104 valence electrons. The second-order valence-corrected chi connectivity index (χ2v) is 4.33. The third-order valence-electron chi connectivity index (χ3n) is 2.68. The van der Waals surface area contributed by atoms with Crippen molar-refractivity contribution < 1.29 is 14.3 Å². The van der Waals surface area contributed by atoms with Gasteiger partial charge in [0.2, 0.25) is 5.88 Å². The molecule has 0 atom stereocenters. The lowest BCUT2D eigenvalue weighted by atomic mass is 10.2. The van der Waals surface area contributed by atoms with E-state index in [9.17, 15) is 4.39 Å². The van der Waals surface area contributed by atoms with E-state index in [1.165, 1.54) is 18.2 Å². The smallest absolute Gasteiger partial charge is 0.220 e. The highest BCUT2D eigenvalue weighted by atomic mass is 19.1. The van der Waals surface area contributed by atoms with Gasteiger partial charge in [-0.25, -0.2) is 9.37 Å². The number of amidine groups is 1. The summed E-state index contributed by atoms with van der Waals surface area (Å²) in [4.78, 5) is 4.20. The monoisotopic (exact) mass is 275 g/mol. The van der Waals surface area contributed by atoms with Crippen LogP contribution in [0.1, 0.15) is 16.8 Å². The van der Waals surface area contributed by atoms with Crippen LogP contribution < -0.4 is 10.5 Å². The van der Waals surface area contributed by atoms with Gasteiger partial charge in [0.15, 0.2) is 5.84 Å². The number of ether oxygens (including phenoxy) is 1. The van der Waals surface area contributed by atoms with Gasteiger partial charge in [0, 0.05) is 17.3 Å². The highest BCUT2D eigenvalue weighted by Gasteiger charge is 2.08. The Kier molecular flexibility index (Phi) is 3.84. The maximum atomic E-state index is 13.0. The minimum Gasteiger partial charge on any atom is -0.439 e. The zero-order chi connectivity index (χ0) is 14.7. The van der Waals surface area contributed by atoms with Gasteiger partial charge in [-0.2, -0.15) is 0 Å². The van der Waals surface area contributed by atoms with E-state index >= 15 is 0 Å². The molecule has 0 aliphatic rings. The molecule has 0 saturated heterocycles. The summed E-state index contributed by atoms with van der Waals surface area (Å²) in [6.07, 6.45) is 0. The van der Waals surface area contributed by atoms with Crippen LogP contribution in [0.2, 0.25) is 0 Å². The standard InChI is InChI=1S/C14H14FN3O2/c1-8-5-11(15)3-4-12(8)20-13-7-10(14(16)18-19)6-9(2)17-13/h3-7,19H,1-2H3,(H2,16,18). The van der Waals surface area contributed by atoms with E-state index in [2.05, 4.69) is 10.1 Å². The molecular weight excluding hydrogens is 261 g/mol. The molecule has 2 rings (SSSR count). The number of oxime groups is 1. The first kappa shape index (κ1) is 13.8. The maximum absolute atomic E-state index is 13.0. The van der Waals surface area contributed by atoms with Crippen LogP contribution >= 0.6 is 0 Å². The van der Waals surface area contributed by atoms with Crippen molar-refractivity contribution >= 4 is 5.84 Å². The summed E-state index contributed by atoms with van der Waals surface area (Å²) >= 11 is 0. The van der Waals surface area contributed by atoms with Crippen molar-refractivity contribution in [2.75, 3.05) is 0 Å². The Morgan fingerprint density at radius 1 is 1.30 bits per heavy atom. The Morgan fingerprint density at radius 2 is 2.05 bits per heavy atom. The van der Waals surface area contributed by atoms with Gasteiger partial charge in [-0.1, -0.05) is 5.16 Å². The molecule has 2 aromatic rings. The molecule has 0 radical (unpaired) electrons. The first-order valence-electron chi connectivity index (χ1n) is 5.90. The molecule has 1 aromatic carbocycles. The van der Waals surface area contributed by atoms with Crippen LogP contribution in [0.15, 0.2) is 35.5 Å². The minimum absolute atomic E-state index is 0.0313. The summed E-state index contributed by atoms with van der Waals surface area (Å²) < 4.78 is 18.6.